The van der Waals surface area contributed by atoms with Crippen LogP contribution >= 0.6 is 0 Å². The van der Waals surface area contributed by atoms with Gasteiger partial charge in [0.2, 0.25) is 0 Å². The fourth-order valence-electron chi connectivity index (χ4n) is 1.76. The molecule has 0 saturated carbocycles. The lowest BCUT2D eigenvalue weighted by Gasteiger charge is -2.04. The monoisotopic (exact) mass is 298 g/mol. The van der Waals surface area contributed by atoms with Gasteiger partial charge in [-0.3, -0.25) is 0 Å². The topological polar surface area (TPSA) is 98.2 Å². The number of fused-ring (bicyclic) bond motifs is 1. The minimum atomic E-state index is -4.78. The largest absolute Gasteiger partial charge is 0.478 e. The standard InChI is InChI=1S/C10H5F3N6O2/c11-10(12,13)6-4-18(3-5(6)9(20)21)8-2-1-7-14-16-17-19(7)15-8/h1-4H,(H,20,21). The van der Waals surface area contributed by atoms with Gasteiger partial charge in [0, 0.05) is 12.4 Å². The molecule has 3 aromatic rings. The summed E-state index contributed by atoms with van der Waals surface area (Å²) in [5.41, 5.74) is -1.81. The molecule has 3 rings (SSSR count). The summed E-state index contributed by atoms with van der Waals surface area (Å²) >= 11 is 0. The lowest BCUT2D eigenvalue weighted by Crippen LogP contribution is -2.09. The molecule has 0 radical (unpaired) electrons. The Bertz CT molecular complexity index is 837. The highest BCUT2D eigenvalue weighted by Gasteiger charge is 2.37. The van der Waals surface area contributed by atoms with E-state index in [1.165, 1.54) is 12.1 Å². The number of nitrogens with zero attached hydrogens (tertiary/aromatic N) is 6. The van der Waals surface area contributed by atoms with Crippen LogP contribution in [0.25, 0.3) is 11.5 Å². The molecular weight excluding hydrogens is 293 g/mol. The van der Waals surface area contributed by atoms with E-state index in [4.69, 9.17) is 5.11 Å². The van der Waals surface area contributed by atoms with Crippen LogP contribution in [0.1, 0.15) is 15.9 Å². The Morgan fingerprint density at radius 1 is 1.24 bits per heavy atom. The molecule has 0 aliphatic carbocycles. The Labute approximate surface area is 113 Å². The first-order valence-electron chi connectivity index (χ1n) is 5.44. The SMILES string of the molecule is O=C(O)c1cn(-c2ccc3nnnn3n2)cc1C(F)(F)F. The fourth-order valence-corrected chi connectivity index (χ4v) is 1.76. The Kier molecular flexibility index (Phi) is 2.64. The molecule has 0 unspecified atom stereocenters. The predicted octanol–water partition coefficient (Wildman–Crippen LogP) is 1.03. The molecular formula is C10H5F3N6O2. The van der Waals surface area contributed by atoms with Gasteiger partial charge in [-0.15, -0.1) is 14.8 Å². The second-order valence-electron chi connectivity index (χ2n) is 4.01. The van der Waals surface area contributed by atoms with E-state index in [1.807, 2.05) is 0 Å². The molecule has 0 atom stereocenters. The third-order valence-corrected chi connectivity index (χ3v) is 2.68. The van der Waals surface area contributed by atoms with E-state index in [9.17, 15) is 18.0 Å². The van der Waals surface area contributed by atoms with Crippen molar-refractivity contribution in [2.75, 3.05) is 0 Å². The minimum absolute atomic E-state index is 0.0489. The number of aromatic nitrogens is 6. The van der Waals surface area contributed by atoms with Crippen molar-refractivity contribution in [3.8, 4) is 5.82 Å². The number of tetrazole rings is 1. The zero-order valence-corrected chi connectivity index (χ0v) is 9.98. The van der Waals surface area contributed by atoms with E-state index in [1.54, 1.807) is 0 Å². The van der Waals surface area contributed by atoms with Gasteiger partial charge in [-0.25, -0.2) is 4.79 Å². The van der Waals surface area contributed by atoms with Gasteiger partial charge >= 0.3 is 12.1 Å². The molecule has 11 heteroatoms. The molecule has 108 valence electrons. The summed E-state index contributed by atoms with van der Waals surface area (Å²) in [6, 6.07) is 2.81. The van der Waals surface area contributed by atoms with E-state index in [0.29, 0.717) is 11.8 Å². The van der Waals surface area contributed by atoms with Crippen LogP contribution in [0.3, 0.4) is 0 Å². The van der Waals surface area contributed by atoms with Crippen LogP contribution in [0.2, 0.25) is 0 Å². The maximum Gasteiger partial charge on any atom is 0.418 e. The van der Waals surface area contributed by atoms with E-state index in [-0.39, 0.29) is 5.82 Å². The summed E-state index contributed by atoms with van der Waals surface area (Å²) in [6.45, 7) is 0. The molecule has 0 aliphatic heterocycles. The van der Waals surface area contributed by atoms with Gasteiger partial charge in [-0.05, 0) is 22.6 Å². The minimum Gasteiger partial charge on any atom is -0.478 e. The third-order valence-electron chi connectivity index (χ3n) is 2.68. The van der Waals surface area contributed by atoms with E-state index < -0.39 is 23.3 Å². The molecule has 0 bridgehead atoms. The summed E-state index contributed by atoms with van der Waals surface area (Å²) in [6.07, 6.45) is -3.29. The van der Waals surface area contributed by atoms with Crippen LogP contribution in [-0.2, 0) is 6.18 Å². The number of carboxylic acid groups (broad SMARTS) is 1. The maximum atomic E-state index is 12.8. The molecule has 0 spiro atoms. The molecule has 0 amide bonds. The first kappa shape index (κ1) is 13.0. The van der Waals surface area contributed by atoms with Crippen molar-refractivity contribution < 1.29 is 23.1 Å². The molecule has 3 aromatic heterocycles. The number of hydrogen-bond donors (Lipinski definition) is 1. The summed E-state index contributed by atoms with van der Waals surface area (Å²) in [5, 5.41) is 23.2. The number of carboxylic acids is 1. The first-order valence-corrected chi connectivity index (χ1v) is 5.44. The second kappa shape index (κ2) is 4.26. The molecule has 0 aliphatic rings. The van der Waals surface area contributed by atoms with Gasteiger partial charge in [0.15, 0.2) is 11.5 Å². The van der Waals surface area contributed by atoms with Crippen LogP contribution in [-0.4, -0.2) is 40.9 Å². The molecule has 8 nitrogen and oxygen atoms in total. The van der Waals surface area contributed by atoms with Gasteiger partial charge in [-0.2, -0.15) is 13.2 Å². The van der Waals surface area contributed by atoms with Crippen molar-refractivity contribution in [3.05, 3.63) is 35.7 Å². The van der Waals surface area contributed by atoms with Gasteiger partial charge in [0.25, 0.3) is 0 Å². The van der Waals surface area contributed by atoms with E-state index in [0.717, 1.165) is 15.4 Å². The second-order valence-corrected chi connectivity index (χ2v) is 4.01. The Morgan fingerprint density at radius 2 is 2.00 bits per heavy atom. The van der Waals surface area contributed by atoms with Gasteiger partial charge in [0.05, 0.1) is 11.1 Å². The molecule has 3 heterocycles. The number of rotatable bonds is 2. The zero-order chi connectivity index (χ0) is 15.2. The highest BCUT2D eigenvalue weighted by atomic mass is 19.4. The lowest BCUT2D eigenvalue weighted by molar-refractivity contribution is -0.138. The van der Waals surface area contributed by atoms with Crippen LogP contribution in [0.15, 0.2) is 24.5 Å². The van der Waals surface area contributed by atoms with Crippen LogP contribution in [0.4, 0.5) is 13.2 Å². The highest BCUT2D eigenvalue weighted by molar-refractivity contribution is 5.89. The zero-order valence-electron chi connectivity index (χ0n) is 9.98. The normalized spacial score (nSPS) is 12.0. The number of carbonyl (C=O) groups is 1. The summed E-state index contributed by atoms with van der Waals surface area (Å²) in [5.74, 6) is -1.63. The quantitative estimate of drug-likeness (QED) is 0.758. The van der Waals surface area contributed by atoms with Gasteiger partial charge in [0.1, 0.15) is 0 Å². The Hall–Kier alpha value is -2.98. The van der Waals surface area contributed by atoms with Gasteiger partial charge < -0.3 is 9.67 Å². The van der Waals surface area contributed by atoms with Crippen LogP contribution in [0, 0.1) is 0 Å². The average molecular weight is 298 g/mol. The average Bonchev–Trinajstić information content (AvgIpc) is 3.03. The summed E-state index contributed by atoms with van der Waals surface area (Å²) in [7, 11) is 0. The first-order chi connectivity index (χ1) is 9.86. The Balaban J connectivity index is 2.16. The number of aromatic carboxylic acids is 1. The number of hydrogen-bond acceptors (Lipinski definition) is 5. The summed E-state index contributed by atoms with van der Waals surface area (Å²) in [4.78, 5) is 10.9. The number of alkyl halides is 3. The molecule has 0 aromatic carbocycles. The van der Waals surface area contributed by atoms with Crippen molar-refractivity contribution in [2.24, 2.45) is 0 Å². The third kappa shape index (κ3) is 2.17. The summed E-state index contributed by atoms with van der Waals surface area (Å²) < 4.78 is 40.4. The van der Waals surface area contributed by atoms with Crippen LogP contribution < -0.4 is 0 Å². The Morgan fingerprint density at radius 3 is 2.62 bits per heavy atom. The molecule has 21 heavy (non-hydrogen) atoms. The van der Waals surface area contributed by atoms with Crippen molar-refractivity contribution in [2.45, 2.75) is 6.18 Å². The van der Waals surface area contributed by atoms with Crippen molar-refractivity contribution in [1.82, 2.24) is 29.8 Å². The highest BCUT2D eigenvalue weighted by Crippen LogP contribution is 2.33. The lowest BCUT2D eigenvalue weighted by atomic mass is 10.2. The van der Waals surface area contributed by atoms with E-state index in [2.05, 4.69) is 20.6 Å². The van der Waals surface area contributed by atoms with Crippen molar-refractivity contribution in [3.63, 3.8) is 0 Å². The van der Waals surface area contributed by atoms with Gasteiger partial charge in [-0.1, -0.05) is 0 Å². The van der Waals surface area contributed by atoms with Crippen LogP contribution in [0.5, 0.6) is 0 Å². The predicted molar refractivity (Wildman–Crippen MR) is 59.9 cm³/mol. The van der Waals surface area contributed by atoms with Crippen molar-refractivity contribution >= 4 is 11.6 Å². The molecule has 0 fully saturated rings. The maximum absolute atomic E-state index is 12.8. The molecule has 1 N–H and O–H groups in total. The smallest absolute Gasteiger partial charge is 0.418 e. The number of halogens is 3. The van der Waals surface area contributed by atoms with E-state index >= 15 is 0 Å². The van der Waals surface area contributed by atoms with Crippen molar-refractivity contribution in [1.29, 1.82) is 0 Å². The molecule has 0 saturated heterocycles. The fraction of sp³-hybridized carbons (Fsp3) is 0.100.